The van der Waals surface area contributed by atoms with Crippen molar-refractivity contribution in [2.75, 3.05) is 13.2 Å². The fourth-order valence-electron chi connectivity index (χ4n) is 2.36. The number of hydrogen-bond donors (Lipinski definition) is 0. The standard InChI is InChI=1S/C14H22N4O/c1-6-19-9-14(17-12(4)7-10(2)15-17)18-13(5)8-11(3)16-18/h7-8,14H,6,9H2,1-5H3. The molecule has 0 fully saturated rings. The molecule has 2 aromatic rings. The fraction of sp³-hybridized carbons (Fsp3) is 0.571. The van der Waals surface area contributed by atoms with Gasteiger partial charge >= 0.3 is 0 Å². The summed E-state index contributed by atoms with van der Waals surface area (Å²) in [4.78, 5) is 0. The number of nitrogens with zero attached hydrogens (tertiary/aromatic N) is 4. The Hall–Kier alpha value is -1.62. The van der Waals surface area contributed by atoms with Gasteiger partial charge in [-0.1, -0.05) is 0 Å². The lowest BCUT2D eigenvalue weighted by Gasteiger charge is -2.21. The second-order valence-electron chi connectivity index (χ2n) is 4.88. The first kappa shape index (κ1) is 13.8. The topological polar surface area (TPSA) is 44.9 Å². The van der Waals surface area contributed by atoms with E-state index < -0.39 is 0 Å². The summed E-state index contributed by atoms with van der Waals surface area (Å²) in [6.45, 7) is 11.4. The van der Waals surface area contributed by atoms with Crippen molar-refractivity contribution in [3.05, 3.63) is 34.9 Å². The van der Waals surface area contributed by atoms with E-state index in [9.17, 15) is 0 Å². The van der Waals surface area contributed by atoms with E-state index in [-0.39, 0.29) is 6.17 Å². The molecule has 0 radical (unpaired) electrons. The predicted octanol–water partition coefficient (Wildman–Crippen LogP) is 2.40. The van der Waals surface area contributed by atoms with Crippen LogP contribution in [0.1, 0.15) is 35.9 Å². The Labute approximate surface area is 114 Å². The summed E-state index contributed by atoms with van der Waals surface area (Å²) in [7, 11) is 0. The molecule has 5 nitrogen and oxygen atoms in total. The molecular formula is C14H22N4O. The summed E-state index contributed by atoms with van der Waals surface area (Å²) in [6, 6.07) is 4.15. The minimum Gasteiger partial charge on any atom is -0.377 e. The number of hydrogen-bond acceptors (Lipinski definition) is 3. The highest BCUT2D eigenvalue weighted by Crippen LogP contribution is 2.17. The van der Waals surface area contributed by atoms with E-state index in [0.29, 0.717) is 13.2 Å². The highest BCUT2D eigenvalue weighted by atomic mass is 16.5. The van der Waals surface area contributed by atoms with Crippen LogP contribution in [0.15, 0.2) is 12.1 Å². The van der Waals surface area contributed by atoms with E-state index in [1.165, 1.54) is 0 Å². The minimum atomic E-state index is -0.0256. The van der Waals surface area contributed by atoms with Gasteiger partial charge in [0.15, 0.2) is 6.17 Å². The SMILES string of the molecule is CCOCC(n1nc(C)cc1C)n1nc(C)cc1C. The number of aromatic nitrogens is 4. The predicted molar refractivity (Wildman–Crippen MR) is 74.3 cm³/mol. The molecule has 0 atom stereocenters. The van der Waals surface area contributed by atoms with Crippen molar-refractivity contribution < 1.29 is 4.74 Å². The fourth-order valence-corrected chi connectivity index (χ4v) is 2.36. The average Bonchev–Trinajstić information content (AvgIpc) is 2.83. The van der Waals surface area contributed by atoms with E-state index in [0.717, 1.165) is 22.8 Å². The van der Waals surface area contributed by atoms with Crippen LogP contribution in [0.4, 0.5) is 0 Å². The smallest absolute Gasteiger partial charge is 0.167 e. The van der Waals surface area contributed by atoms with Gasteiger partial charge in [0.25, 0.3) is 0 Å². The minimum absolute atomic E-state index is 0.0256. The van der Waals surface area contributed by atoms with Crippen LogP contribution in [-0.2, 0) is 4.74 Å². The highest BCUT2D eigenvalue weighted by Gasteiger charge is 2.19. The molecule has 0 unspecified atom stereocenters. The largest absolute Gasteiger partial charge is 0.377 e. The van der Waals surface area contributed by atoms with Crippen LogP contribution in [0.3, 0.4) is 0 Å². The van der Waals surface area contributed by atoms with Crippen LogP contribution in [-0.4, -0.2) is 32.8 Å². The van der Waals surface area contributed by atoms with Crippen molar-refractivity contribution in [2.45, 2.75) is 40.8 Å². The molecule has 0 bridgehead atoms. The molecule has 0 aliphatic heterocycles. The molecule has 5 heteroatoms. The van der Waals surface area contributed by atoms with Crippen LogP contribution in [0, 0.1) is 27.7 Å². The van der Waals surface area contributed by atoms with Gasteiger partial charge < -0.3 is 4.74 Å². The Kier molecular flexibility index (Phi) is 4.04. The van der Waals surface area contributed by atoms with Gasteiger partial charge in [-0.2, -0.15) is 10.2 Å². The first-order valence-corrected chi connectivity index (χ1v) is 6.66. The molecule has 0 saturated carbocycles. The average molecular weight is 262 g/mol. The molecule has 0 aromatic carbocycles. The molecule has 0 saturated heterocycles. The summed E-state index contributed by atoms with van der Waals surface area (Å²) >= 11 is 0. The molecule has 2 rings (SSSR count). The maximum Gasteiger partial charge on any atom is 0.167 e. The van der Waals surface area contributed by atoms with E-state index in [2.05, 4.69) is 36.2 Å². The van der Waals surface area contributed by atoms with Crippen molar-refractivity contribution in [2.24, 2.45) is 0 Å². The molecule has 104 valence electrons. The third kappa shape index (κ3) is 2.87. The molecule has 0 spiro atoms. The Morgan fingerprint density at radius 2 is 1.47 bits per heavy atom. The first-order chi connectivity index (χ1) is 9.02. The Morgan fingerprint density at radius 3 is 1.79 bits per heavy atom. The number of rotatable bonds is 5. The second-order valence-corrected chi connectivity index (χ2v) is 4.88. The molecule has 0 aliphatic rings. The Morgan fingerprint density at radius 1 is 1.00 bits per heavy atom. The lowest BCUT2D eigenvalue weighted by atomic mass is 10.3. The molecule has 0 N–H and O–H groups in total. The van der Waals surface area contributed by atoms with Crippen molar-refractivity contribution >= 4 is 0 Å². The van der Waals surface area contributed by atoms with Crippen molar-refractivity contribution in [3.63, 3.8) is 0 Å². The normalized spacial score (nSPS) is 11.5. The quantitative estimate of drug-likeness (QED) is 0.831. The lowest BCUT2D eigenvalue weighted by molar-refractivity contribution is 0.0912. The van der Waals surface area contributed by atoms with Crippen LogP contribution >= 0.6 is 0 Å². The van der Waals surface area contributed by atoms with E-state index in [4.69, 9.17) is 4.74 Å². The number of aryl methyl sites for hydroxylation is 4. The maximum atomic E-state index is 5.61. The second kappa shape index (κ2) is 5.57. The number of ether oxygens (including phenoxy) is 1. The van der Waals surface area contributed by atoms with Crippen LogP contribution < -0.4 is 0 Å². The molecule has 2 heterocycles. The third-order valence-electron chi connectivity index (χ3n) is 3.12. The molecule has 2 aromatic heterocycles. The summed E-state index contributed by atoms with van der Waals surface area (Å²) in [5.41, 5.74) is 4.27. The zero-order chi connectivity index (χ0) is 14.0. The zero-order valence-electron chi connectivity index (χ0n) is 12.3. The Balaban J connectivity index is 2.41. The summed E-state index contributed by atoms with van der Waals surface area (Å²) < 4.78 is 9.59. The van der Waals surface area contributed by atoms with Crippen molar-refractivity contribution in [3.8, 4) is 0 Å². The van der Waals surface area contributed by atoms with E-state index in [1.54, 1.807) is 0 Å². The zero-order valence-corrected chi connectivity index (χ0v) is 12.3. The lowest BCUT2D eigenvalue weighted by Crippen LogP contribution is -2.27. The van der Waals surface area contributed by atoms with Gasteiger partial charge in [-0.25, -0.2) is 9.36 Å². The maximum absolute atomic E-state index is 5.61. The molecule has 0 aliphatic carbocycles. The molecule has 19 heavy (non-hydrogen) atoms. The van der Waals surface area contributed by atoms with Crippen molar-refractivity contribution in [1.29, 1.82) is 0 Å². The highest BCUT2D eigenvalue weighted by molar-refractivity contribution is 5.11. The van der Waals surface area contributed by atoms with Gasteiger partial charge in [-0.15, -0.1) is 0 Å². The summed E-state index contributed by atoms with van der Waals surface area (Å²) in [5, 5.41) is 9.13. The Bertz CT molecular complexity index is 510. The van der Waals surface area contributed by atoms with Gasteiger partial charge in [0.05, 0.1) is 18.0 Å². The van der Waals surface area contributed by atoms with Crippen molar-refractivity contribution in [1.82, 2.24) is 19.6 Å². The molecule has 0 amide bonds. The molecular weight excluding hydrogens is 240 g/mol. The van der Waals surface area contributed by atoms with Gasteiger partial charge in [0.2, 0.25) is 0 Å². The van der Waals surface area contributed by atoms with E-state index in [1.807, 2.05) is 30.1 Å². The summed E-state index contributed by atoms with van der Waals surface area (Å²) in [5.74, 6) is 0. The third-order valence-corrected chi connectivity index (χ3v) is 3.12. The van der Waals surface area contributed by atoms with Gasteiger partial charge in [-0.05, 0) is 46.8 Å². The van der Waals surface area contributed by atoms with Gasteiger partial charge in [0.1, 0.15) is 0 Å². The van der Waals surface area contributed by atoms with Crippen LogP contribution in [0.5, 0.6) is 0 Å². The van der Waals surface area contributed by atoms with E-state index >= 15 is 0 Å². The van der Waals surface area contributed by atoms with Gasteiger partial charge in [-0.3, -0.25) is 0 Å². The van der Waals surface area contributed by atoms with Crippen LogP contribution in [0.2, 0.25) is 0 Å². The monoisotopic (exact) mass is 262 g/mol. The summed E-state index contributed by atoms with van der Waals surface area (Å²) in [6.07, 6.45) is -0.0256. The van der Waals surface area contributed by atoms with Crippen LogP contribution in [0.25, 0.3) is 0 Å². The van der Waals surface area contributed by atoms with Gasteiger partial charge in [0, 0.05) is 18.0 Å². The first-order valence-electron chi connectivity index (χ1n) is 6.66.